The second kappa shape index (κ2) is 8.93. The first-order valence-electron chi connectivity index (χ1n) is 9.30. The van der Waals surface area contributed by atoms with Crippen molar-refractivity contribution in [1.29, 1.82) is 0 Å². The average molecular weight is 387 g/mol. The summed E-state index contributed by atoms with van der Waals surface area (Å²) >= 11 is 0. The third kappa shape index (κ3) is 4.92. The first-order chi connectivity index (χ1) is 13.4. The van der Waals surface area contributed by atoms with Crippen LogP contribution in [0, 0.1) is 11.6 Å². The second-order valence-corrected chi connectivity index (χ2v) is 6.94. The van der Waals surface area contributed by atoms with Gasteiger partial charge in [0.05, 0.1) is 11.7 Å². The van der Waals surface area contributed by atoms with E-state index in [4.69, 9.17) is 0 Å². The van der Waals surface area contributed by atoms with Crippen molar-refractivity contribution in [1.82, 2.24) is 10.2 Å². The summed E-state index contributed by atoms with van der Waals surface area (Å²) in [6, 6.07) is 11.7. The van der Waals surface area contributed by atoms with E-state index in [1.807, 2.05) is 23.1 Å². The van der Waals surface area contributed by atoms with Crippen LogP contribution in [0.1, 0.15) is 30.1 Å². The van der Waals surface area contributed by atoms with E-state index in [-0.39, 0.29) is 23.5 Å². The Bertz CT molecular complexity index is 837. The highest BCUT2D eigenvalue weighted by molar-refractivity contribution is 5.95. The van der Waals surface area contributed by atoms with E-state index in [1.54, 1.807) is 19.1 Å². The van der Waals surface area contributed by atoms with Crippen molar-refractivity contribution in [3.8, 4) is 0 Å². The predicted molar refractivity (Wildman–Crippen MR) is 103 cm³/mol. The van der Waals surface area contributed by atoms with E-state index >= 15 is 0 Å². The molecule has 0 aliphatic carbocycles. The number of rotatable bonds is 5. The first-order valence-corrected chi connectivity index (χ1v) is 9.30. The summed E-state index contributed by atoms with van der Waals surface area (Å²) in [5.41, 5.74) is 0.585. The minimum atomic E-state index is -0.803. The first kappa shape index (κ1) is 19.9. The van der Waals surface area contributed by atoms with Gasteiger partial charge in [-0.1, -0.05) is 18.2 Å². The fraction of sp³-hybridized carbons (Fsp3) is 0.333. The lowest BCUT2D eigenvalue weighted by molar-refractivity contribution is -0.121. The van der Waals surface area contributed by atoms with Crippen LogP contribution in [0.15, 0.2) is 48.5 Å². The van der Waals surface area contributed by atoms with Gasteiger partial charge < -0.3 is 10.6 Å². The van der Waals surface area contributed by atoms with Gasteiger partial charge >= 0.3 is 0 Å². The molecule has 5 nitrogen and oxygen atoms in total. The minimum absolute atomic E-state index is 0.0386. The topological polar surface area (TPSA) is 61.4 Å². The van der Waals surface area contributed by atoms with Crippen molar-refractivity contribution < 1.29 is 18.4 Å². The average Bonchev–Trinajstić information content (AvgIpc) is 2.70. The molecular formula is C21H23F2N3O2. The normalized spacial score (nSPS) is 16.4. The van der Waals surface area contributed by atoms with Gasteiger partial charge in [0.2, 0.25) is 5.91 Å². The molecule has 3 rings (SSSR count). The van der Waals surface area contributed by atoms with Crippen LogP contribution in [0.5, 0.6) is 0 Å². The number of carbonyl (C=O) groups is 2. The van der Waals surface area contributed by atoms with E-state index in [0.29, 0.717) is 18.7 Å². The van der Waals surface area contributed by atoms with Crippen molar-refractivity contribution in [2.45, 2.75) is 31.8 Å². The third-order valence-corrected chi connectivity index (χ3v) is 5.02. The van der Waals surface area contributed by atoms with Gasteiger partial charge in [0.25, 0.3) is 5.91 Å². The molecule has 0 bridgehead atoms. The Morgan fingerprint density at radius 1 is 1.07 bits per heavy atom. The lowest BCUT2D eigenvalue weighted by Gasteiger charge is -2.35. The lowest BCUT2D eigenvalue weighted by atomic mass is 10.0. The Labute approximate surface area is 162 Å². The summed E-state index contributed by atoms with van der Waals surface area (Å²) < 4.78 is 26.7. The number of amides is 2. The molecular weight excluding hydrogens is 364 g/mol. The van der Waals surface area contributed by atoms with Crippen molar-refractivity contribution in [2.24, 2.45) is 0 Å². The quantitative estimate of drug-likeness (QED) is 0.828. The monoisotopic (exact) mass is 387 g/mol. The number of carbonyl (C=O) groups excluding carboxylic acids is 2. The molecule has 2 N–H and O–H groups in total. The van der Waals surface area contributed by atoms with Crippen LogP contribution in [0.3, 0.4) is 0 Å². The number of benzene rings is 2. The van der Waals surface area contributed by atoms with Gasteiger partial charge in [-0.25, -0.2) is 8.78 Å². The molecule has 2 amide bonds. The Balaban J connectivity index is 1.49. The van der Waals surface area contributed by atoms with E-state index in [2.05, 4.69) is 10.6 Å². The second-order valence-electron chi connectivity index (χ2n) is 6.94. The smallest absolute Gasteiger partial charge is 0.251 e. The van der Waals surface area contributed by atoms with E-state index in [1.165, 1.54) is 6.07 Å². The van der Waals surface area contributed by atoms with Gasteiger partial charge in [-0.05, 0) is 44.0 Å². The van der Waals surface area contributed by atoms with E-state index < -0.39 is 17.7 Å². The van der Waals surface area contributed by atoms with E-state index in [0.717, 1.165) is 25.0 Å². The highest BCUT2D eigenvalue weighted by atomic mass is 19.1. The van der Waals surface area contributed by atoms with Crippen LogP contribution in [0.2, 0.25) is 0 Å². The summed E-state index contributed by atoms with van der Waals surface area (Å²) in [4.78, 5) is 26.6. The maximum absolute atomic E-state index is 13.7. The van der Waals surface area contributed by atoms with Crippen LogP contribution in [0.25, 0.3) is 0 Å². The van der Waals surface area contributed by atoms with Crippen molar-refractivity contribution in [3.05, 3.63) is 65.7 Å². The van der Waals surface area contributed by atoms with Crippen molar-refractivity contribution in [2.75, 3.05) is 18.4 Å². The molecule has 28 heavy (non-hydrogen) atoms. The number of halogens is 2. The van der Waals surface area contributed by atoms with E-state index in [9.17, 15) is 18.4 Å². The number of piperidine rings is 1. The molecule has 0 radical (unpaired) electrons. The fourth-order valence-electron chi connectivity index (χ4n) is 3.28. The van der Waals surface area contributed by atoms with Crippen LogP contribution in [-0.4, -0.2) is 41.9 Å². The molecule has 2 aromatic carbocycles. The molecule has 1 aliphatic heterocycles. The highest BCUT2D eigenvalue weighted by Gasteiger charge is 2.27. The van der Waals surface area contributed by atoms with Gasteiger partial charge in [-0.3, -0.25) is 14.5 Å². The van der Waals surface area contributed by atoms with Crippen LogP contribution in [-0.2, 0) is 4.79 Å². The maximum atomic E-state index is 13.7. The zero-order chi connectivity index (χ0) is 20.1. The molecule has 1 heterocycles. The molecule has 0 aromatic heterocycles. The number of hydrogen-bond donors (Lipinski definition) is 2. The minimum Gasteiger partial charge on any atom is -0.349 e. The van der Waals surface area contributed by atoms with Gasteiger partial charge in [0.15, 0.2) is 0 Å². The van der Waals surface area contributed by atoms with Gasteiger partial charge in [0.1, 0.15) is 11.6 Å². The van der Waals surface area contributed by atoms with Crippen molar-refractivity contribution in [3.63, 3.8) is 0 Å². The van der Waals surface area contributed by atoms with Crippen LogP contribution < -0.4 is 10.6 Å². The summed E-state index contributed by atoms with van der Waals surface area (Å²) in [6.45, 7) is 3.03. The predicted octanol–water partition coefficient (Wildman–Crippen LogP) is 3.19. The largest absolute Gasteiger partial charge is 0.349 e. The van der Waals surface area contributed by atoms with Crippen LogP contribution >= 0.6 is 0 Å². The zero-order valence-electron chi connectivity index (χ0n) is 15.6. The lowest BCUT2D eigenvalue weighted by Crippen LogP contribution is -2.50. The third-order valence-electron chi connectivity index (χ3n) is 5.02. The number of anilines is 1. The molecule has 2 aromatic rings. The molecule has 1 aliphatic rings. The molecule has 1 fully saturated rings. The molecule has 7 heteroatoms. The van der Waals surface area contributed by atoms with Gasteiger partial charge in [-0.2, -0.15) is 0 Å². The number of nitrogens with one attached hydrogen (secondary N) is 2. The molecule has 148 valence electrons. The molecule has 0 saturated carbocycles. The molecule has 1 unspecified atom stereocenters. The Kier molecular flexibility index (Phi) is 6.36. The van der Waals surface area contributed by atoms with Gasteiger partial charge in [0, 0.05) is 30.8 Å². The zero-order valence-corrected chi connectivity index (χ0v) is 15.6. The summed E-state index contributed by atoms with van der Waals surface area (Å²) in [6.07, 6.45) is 1.45. The fourth-order valence-corrected chi connectivity index (χ4v) is 3.28. The van der Waals surface area contributed by atoms with Crippen molar-refractivity contribution >= 4 is 17.5 Å². The molecule has 1 atom stereocenters. The molecule has 1 saturated heterocycles. The Morgan fingerprint density at radius 3 is 2.39 bits per heavy atom. The molecule has 0 spiro atoms. The summed E-state index contributed by atoms with van der Waals surface area (Å²) in [7, 11) is 0. The van der Waals surface area contributed by atoms with Gasteiger partial charge in [-0.15, -0.1) is 0 Å². The summed E-state index contributed by atoms with van der Waals surface area (Å²) in [5.74, 6) is -1.94. The Morgan fingerprint density at radius 2 is 1.75 bits per heavy atom. The summed E-state index contributed by atoms with van der Waals surface area (Å²) in [5, 5.41) is 5.53. The van der Waals surface area contributed by atoms with Crippen LogP contribution in [0.4, 0.5) is 14.5 Å². The standard InChI is InChI=1S/C21H23F2N3O2/c1-14(20(27)25-19-8-7-16(22)13-18(19)23)26-11-9-17(10-12-26)24-21(28)15-5-3-2-4-6-15/h2-8,13-14,17H,9-12H2,1H3,(H,24,28)(H,25,27). The maximum Gasteiger partial charge on any atom is 0.251 e. The number of nitrogens with zero attached hydrogens (tertiary/aromatic N) is 1. The number of hydrogen-bond acceptors (Lipinski definition) is 3. The number of likely N-dealkylation sites (tertiary alicyclic amines) is 1. The SMILES string of the molecule is CC(C(=O)Nc1ccc(F)cc1F)N1CCC(NC(=O)c2ccccc2)CC1. The highest BCUT2D eigenvalue weighted by Crippen LogP contribution is 2.18. The Hall–Kier alpha value is -2.80.